The number of nitrogens with one attached hydrogen (secondary N) is 1. The molecule has 0 saturated heterocycles. The highest BCUT2D eigenvalue weighted by molar-refractivity contribution is 7.99. The Morgan fingerprint density at radius 3 is 2.52 bits per heavy atom. The number of benzene rings is 2. The van der Waals surface area contributed by atoms with E-state index in [1.165, 1.54) is 11.8 Å². The number of amides is 1. The molecule has 0 unspecified atom stereocenters. The molecule has 33 heavy (non-hydrogen) atoms. The Morgan fingerprint density at radius 2 is 1.82 bits per heavy atom. The van der Waals surface area contributed by atoms with Gasteiger partial charge in [-0.05, 0) is 63.1 Å². The fourth-order valence-electron chi connectivity index (χ4n) is 4.01. The van der Waals surface area contributed by atoms with E-state index in [0.717, 1.165) is 25.7 Å². The molecule has 1 N–H and O–H groups in total. The summed E-state index contributed by atoms with van der Waals surface area (Å²) in [7, 11) is 0. The third kappa shape index (κ3) is 5.45. The van der Waals surface area contributed by atoms with E-state index in [-0.39, 0.29) is 29.4 Å². The number of hydrogen-bond acceptors (Lipinski definition) is 6. The van der Waals surface area contributed by atoms with Crippen LogP contribution in [0.25, 0.3) is 10.9 Å². The minimum atomic E-state index is -0.398. The van der Waals surface area contributed by atoms with Crippen molar-refractivity contribution in [3.8, 4) is 0 Å². The van der Waals surface area contributed by atoms with Crippen LogP contribution in [-0.2, 0) is 9.53 Å². The van der Waals surface area contributed by atoms with Gasteiger partial charge in [0.1, 0.15) is 0 Å². The second kappa shape index (κ2) is 10.2. The lowest BCUT2D eigenvalue weighted by Gasteiger charge is -2.18. The average molecular weight is 466 g/mol. The van der Waals surface area contributed by atoms with Crippen molar-refractivity contribution in [2.75, 3.05) is 11.1 Å². The number of fused-ring (bicyclic) bond motifs is 1. The maximum atomic E-state index is 13.2. The lowest BCUT2D eigenvalue weighted by molar-refractivity contribution is -0.113. The number of para-hydroxylation sites is 1. The molecule has 4 rings (SSSR count). The molecule has 0 aliphatic heterocycles. The van der Waals surface area contributed by atoms with Gasteiger partial charge in [0.2, 0.25) is 5.91 Å². The molecule has 1 heterocycles. The van der Waals surface area contributed by atoms with Gasteiger partial charge in [-0.2, -0.15) is 0 Å². The molecule has 1 fully saturated rings. The molecule has 3 aromatic rings. The van der Waals surface area contributed by atoms with Gasteiger partial charge in [0.25, 0.3) is 5.56 Å². The van der Waals surface area contributed by atoms with Crippen molar-refractivity contribution in [3.63, 3.8) is 0 Å². The number of rotatable bonds is 7. The Kier molecular flexibility index (Phi) is 7.13. The highest BCUT2D eigenvalue weighted by atomic mass is 32.2. The van der Waals surface area contributed by atoms with E-state index in [0.29, 0.717) is 27.3 Å². The topological polar surface area (TPSA) is 90.3 Å². The van der Waals surface area contributed by atoms with Gasteiger partial charge in [-0.1, -0.05) is 36.7 Å². The van der Waals surface area contributed by atoms with Gasteiger partial charge in [0.05, 0.1) is 28.3 Å². The van der Waals surface area contributed by atoms with E-state index in [2.05, 4.69) is 5.32 Å². The summed E-state index contributed by atoms with van der Waals surface area (Å²) in [5.41, 5.74) is 1.61. The zero-order chi connectivity index (χ0) is 23.4. The van der Waals surface area contributed by atoms with Gasteiger partial charge < -0.3 is 10.1 Å². The Morgan fingerprint density at radius 1 is 1.12 bits per heavy atom. The number of carbonyl (C=O) groups is 2. The molecule has 1 saturated carbocycles. The fraction of sp³-hybridized carbons (Fsp3) is 0.360. The first kappa shape index (κ1) is 23.0. The van der Waals surface area contributed by atoms with E-state index in [9.17, 15) is 14.4 Å². The highest BCUT2D eigenvalue weighted by Gasteiger charge is 2.23. The van der Waals surface area contributed by atoms with E-state index >= 15 is 0 Å². The van der Waals surface area contributed by atoms with Crippen LogP contribution in [0.5, 0.6) is 0 Å². The fourth-order valence-corrected chi connectivity index (χ4v) is 4.88. The van der Waals surface area contributed by atoms with Crippen LogP contribution in [0.15, 0.2) is 58.5 Å². The largest absolute Gasteiger partial charge is 0.459 e. The monoisotopic (exact) mass is 465 g/mol. The van der Waals surface area contributed by atoms with E-state index in [4.69, 9.17) is 9.72 Å². The van der Waals surface area contributed by atoms with Gasteiger partial charge in [-0.3, -0.25) is 14.2 Å². The van der Waals surface area contributed by atoms with Gasteiger partial charge in [-0.15, -0.1) is 0 Å². The molecule has 0 radical (unpaired) electrons. The maximum absolute atomic E-state index is 13.2. The number of aromatic nitrogens is 2. The van der Waals surface area contributed by atoms with Crippen LogP contribution >= 0.6 is 11.8 Å². The number of thioether (sulfide) groups is 1. The maximum Gasteiger partial charge on any atom is 0.338 e. The van der Waals surface area contributed by atoms with Crippen LogP contribution in [0.1, 0.15) is 55.9 Å². The van der Waals surface area contributed by atoms with Gasteiger partial charge in [-0.25, -0.2) is 9.78 Å². The Bertz CT molecular complexity index is 1210. The van der Waals surface area contributed by atoms with Crippen LogP contribution in [0, 0.1) is 0 Å². The summed E-state index contributed by atoms with van der Waals surface area (Å²) in [5.74, 6) is -0.488. The molecule has 1 aliphatic rings. The summed E-state index contributed by atoms with van der Waals surface area (Å²) < 4.78 is 6.95. The predicted octanol–water partition coefficient (Wildman–Crippen LogP) is 4.81. The van der Waals surface area contributed by atoms with Gasteiger partial charge in [0, 0.05) is 11.7 Å². The smallest absolute Gasteiger partial charge is 0.338 e. The van der Waals surface area contributed by atoms with Crippen molar-refractivity contribution >= 4 is 40.2 Å². The molecular formula is C25H27N3O4S. The first-order valence-corrected chi connectivity index (χ1v) is 12.2. The third-order valence-corrected chi connectivity index (χ3v) is 6.50. The zero-order valence-corrected chi connectivity index (χ0v) is 19.6. The third-order valence-electron chi connectivity index (χ3n) is 5.54. The predicted molar refractivity (Wildman–Crippen MR) is 130 cm³/mol. The first-order chi connectivity index (χ1) is 15.9. The van der Waals surface area contributed by atoms with E-state index in [1.54, 1.807) is 48.7 Å². The molecule has 2 aromatic carbocycles. The summed E-state index contributed by atoms with van der Waals surface area (Å²) in [4.78, 5) is 42.5. The normalized spacial score (nSPS) is 14.0. The Labute approximate surface area is 196 Å². The van der Waals surface area contributed by atoms with Gasteiger partial charge in [0.15, 0.2) is 5.16 Å². The molecule has 0 bridgehead atoms. The van der Waals surface area contributed by atoms with Crippen molar-refractivity contribution in [1.29, 1.82) is 0 Å². The summed E-state index contributed by atoms with van der Waals surface area (Å²) in [6.07, 6.45) is 3.89. The number of anilines is 1. The van der Waals surface area contributed by atoms with Gasteiger partial charge >= 0.3 is 5.97 Å². The van der Waals surface area contributed by atoms with Crippen molar-refractivity contribution in [1.82, 2.24) is 9.55 Å². The molecule has 0 spiro atoms. The van der Waals surface area contributed by atoms with Crippen molar-refractivity contribution < 1.29 is 14.3 Å². The van der Waals surface area contributed by atoms with Crippen LogP contribution in [-0.4, -0.2) is 33.3 Å². The molecule has 0 atom stereocenters. The second-order valence-electron chi connectivity index (χ2n) is 8.39. The summed E-state index contributed by atoms with van der Waals surface area (Å²) in [6.45, 7) is 3.58. The van der Waals surface area contributed by atoms with Crippen LogP contribution in [0.2, 0.25) is 0 Å². The minimum Gasteiger partial charge on any atom is -0.459 e. The molecule has 1 aliphatic carbocycles. The summed E-state index contributed by atoms with van der Waals surface area (Å²) in [6, 6.07) is 14.0. The zero-order valence-electron chi connectivity index (χ0n) is 18.7. The Balaban J connectivity index is 1.47. The number of carbonyl (C=O) groups excluding carboxylic acids is 2. The quantitative estimate of drug-likeness (QED) is 0.306. The number of ether oxygens (including phenoxy) is 1. The minimum absolute atomic E-state index is 0.0423. The Hall–Kier alpha value is -3.13. The molecule has 7 nitrogen and oxygen atoms in total. The standard InChI is InChI=1S/C25H27N3O4S/c1-16(2)32-24(31)17-11-13-18(14-12-17)26-22(29)15-33-25-27-21-10-6-5-9-20(21)23(30)28(25)19-7-3-4-8-19/h5-6,9-14,16,19H,3-4,7-8,15H2,1-2H3,(H,26,29). The van der Waals surface area contributed by atoms with Crippen LogP contribution < -0.4 is 10.9 Å². The highest BCUT2D eigenvalue weighted by Crippen LogP contribution is 2.32. The summed E-state index contributed by atoms with van der Waals surface area (Å²) >= 11 is 1.27. The molecule has 1 aromatic heterocycles. The van der Waals surface area contributed by atoms with Crippen LogP contribution in [0.3, 0.4) is 0 Å². The number of hydrogen-bond donors (Lipinski definition) is 1. The molecular weight excluding hydrogens is 438 g/mol. The summed E-state index contributed by atoms with van der Waals surface area (Å²) in [5, 5.41) is 4.02. The van der Waals surface area contributed by atoms with Crippen LogP contribution in [0.4, 0.5) is 5.69 Å². The van der Waals surface area contributed by atoms with E-state index in [1.807, 2.05) is 18.2 Å². The SMILES string of the molecule is CC(C)OC(=O)c1ccc(NC(=O)CSc2nc3ccccc3c(=O)n2C2CCCC2)cc1. The second-order valence-corrected chi connectivity index (χ2v) is 9.34. The molecule has 172 valence electrons. The van der Waals surface area contributed by atoms with E-state index < -0.39 is 5.97 Å². The first-order valence-electron chi connectivity index (χ1n) is 11.2. The molecule has 1 amide bonds. The lowest BCUT2D eigenvalue weighted by atomic mass is 10.2. The number of esters is 1. The molecule has 8 heteroatoms. The van der Waals surface area contributed by atoms with Crippen molar-refractivity contribution in [2.45, 2.75) is 56.8 Å². The van der Waals surface area contributed by atoms with Crippen molar-refractivity contribution in [3.05, 3.63) is 64.4 Å². The number of nitrogens with zero attached hydrogens (tertiary/aromatic N) is 2. The lowest BCUT2D eigenvalue weighted by Crippen LogP contribution is -2.27. The van der Waals surface area contributed by atoms with Crippen molar-refractivity contribution in [2.24, 2.45) is 0 Å². The average Bonchev–Trinajstić information content (AvgIpc) is 3.32.